The zero-order chi connectivity index (χ0) is 11.5. The van der Waals surface area contributed by atoms with E-state index in [1.54, 1.807) is 13.0 Å². The van der Waals surface area contributed by atoms with Gasteiger partial charge in [-0.3, -0.25) is 0 Å². The highest BCUT2D eigenvalue weighted by atomic mass is 19.1. The summed E-state index contributed by atoms with van der Waals surface area (Å²) in [6.07, 6.45) is 3.00. The summed E-state index contributed by atoms with van der Waals surface area (Å²) < 4.78 is 18.6. The van der Waals surface area contributed by atoms with Crippen molar-refractivity contribution in [3.8, 4) is 5.75 Å². The smallest absolute Gasteiger partial charge is 0.125 e. The second-order valence-electron chi connectivity index (χ2n) is 4.47. The van der Waals surface area contributed by atoms with Gasteiger partial charge in [-0.05, 0) is 43.9 Å². The van der Waals surface area contributed by atoms with Crippen LogP contribution in [0.25, 0.3) is 0 Å². The molecule has 0 radical (unpaired) electrons. The first-order chi connectivity index (χ1) is 7.66. The third-order valence-electron chi connectivity index (χ3n) is 3.12. The average Bonchev–Trinajstić information content (AvgIpc) is 2.17. The molecule has 0 saturated heterocycles. The monoisotopic (exact) mass is 224 g/mol. The SMILES string of the molecule is C[C@H](O)c1cc(F)ccc1OCC1CCC1. The van der Waals surface area contributed by atoms with Gasteiger partial charge in [0.1, 0.15) is 11.6 Å². The van der Waals surface area contributed by atoms with E-state index in [1.807, 2.05) is 0 Å². The lowest BCUT2D eigenvalue weighted by Crippen LogP contribution is -2.19. The minimum atomic E-state index is -0.702. The molecule has 1 aromatic rings. The Bertz CT molecular complexity index is 359. The van der Waals surface area contributed by atoms with Gasteiger partial charge in [0.05, 0.1) is 12.7 Å². The number of aliphatic hydroxyl groups excluding tert-OH is 1. The molecule has 0 heterocycles. The topological polar surface area (TPSA) is 29.5 Å². The molecule has 1 aliphatic carbocycles. The maximum absolute atomic E-state index is 13.0. The molecular weight excluding hydrogens is 207 g/mol. The Labute approximate surface area is 95.1 Å². The van der Waals surface area contributed by atoms with Crippen molar-refractivity contribution in [2.24, 2.45) is 5.92 Å². The van der Waals surface area contributed by atoms with Gasteiger partial charge < -0.3 is 9.84 Å². The summed E-state index contributed by atoms with van der Waals surface area (Å²) in [5.74, 6) is 0.891. The molecule has 0 unspecified atom stereocenters. The first-order valence-electron chi connectivity index (χ1n) is 5.77. The van der Waals surface area contributed by atoms with E-state index in [0.717, 1.165) is 0 Å². The maximum Gasteiger partial charge on any atom is 0.125 e. The lowest BCUT2D eigenvalue weighted by atomic mass is 9.86. The van der Waals surface area contributed by atoms with Crippen LogP contribution in [0.2, 0.25) is 0 Å². The average molecular weight is 224 g/mol. The lowest BCUT2D eigenvalue weighted by molar-refractivity contribution is 0.164. The summed E-state index contributed by atoms with van der Waals surface area (Å²) >= 11 is 0. The summed E-state index contributed by atoms with van der Waals surface area (Å²) in [6.45, 7) is 2.29. The van der Waals surface area contributed by atoms with Gasteiger partial charge in [0.25, 0.3) is 0 Å². The van der Waals surface area contributed by atoms with Gasteiger partial charge in [0.15, 0.2) is 0 Å². The van der Waals surface area contributed by atoms with Crippen LogP contribution in [0.4, 0.5) is 4.39 Å². The van der Waals surface area contributed by atoms with Gasteiger partial charge >= 0.3 is 0 Å². The van der Waals surface area contributed by atoms with Crippen LogP contribution in [-0.2, 0) is 0 Å². The summed E-state index contributed by atoms with van der Waals surface area (Å²) in [4.78, 5) is 0. The Hall–Kier alpha value is -1.09. The highest BCUT2D eigenvalue weighted by molar-refractivity contribution is 5.35. The van der Waals surface area contributed by atoms with Gasteiger partial charge in [-0.2, -0.15) is 0 Å². The molecule has 1 N–H and O–H groups in total. The fraction of sp³-hybridized carbons (Fsp3) is 0.538. The maximum atomic E-state index is 13.0. The largest absolute Gasteiger partial charge is 0.493 e. The first kappa shape index (κ1) is 11.4. The second-order valence-corrected chi connectivity index (χ2v) is 4.47. The quantitative estimate of drug-likeness (QED) is 0.851. The van der Waals surface area contributed by atoms with Crippen molar-refractivity contribution in [2.45, 2.75) is 32.3 Å². The molecular formula is C13H17FO2. The van der Waals surface area contributed by atoms with Crippen molar-refractivity contribution < 1.29 is 14.2 Å². The molecule has 1 saturated carbocycles. The Morgan fingerprint density at radius 2 is 2.25 bits per heavy atom. The van der Waals surface area contributed by atoms with E-state index in [4.69, 9.17) is 4.74 Å². The number of aliphatic hydroxyl groups is 1. The van der Waals surface area contributed by atoms with E-state index < -0.39 is 6.10 Å². The lowest BCUT2D eigenvalue weighted by Gasteiger charge is -2.26. The zero-order valence-electron chi connectivity index (χ0n) is 9.45. The molecule has 16 heavy (non-hydrogen) atoms. The van der Waals surface area contributed by atoms with Gasteiger partial charge in [-0.15, -0.1) is 0 Å². The van der Waals surface area contributed by atoms with Crippen LogP contribution in [0.15, 0.2) is 18.2 Å². The van der Waals surface area contributed by atoms with Crippen LogP contribution in [-0.4, -0.2) is 11.7 Å². The van der Waals surface area contributed by atoms with Crippen molar-refractivity contribution in [3.63, 3.8) is 0 Å². The van der Waals surface area contributed by atoms with Crippen LogP contribution in [0, 0.1) is 11.7 Å². The van der Waals surface area contributed by atoms with E-state index >= 15 is 0 Å². The van der Waals surface area contributed by atoms with Crippen molar-refractivity contribution in [2.75, 3.05) is 6.61 Å². The molecule has 3 heteroatoms. The van der Waals surface area contributed by atoms with Crippen LogP contribution in [0.5, 0.6) is 5.75 Å². The standard InChI is InChI=1S/C13H17FO2/c1-9(15)12-7-11(14)5-6-13(12)16-8-10-3-2-4-10/h5-7,9-10,15H,2-4,8H2,1H3/t9-/m0/s1. The normalized spacial score (nSPS) is 17.9. The number of halogens is 1. The minimum Gasteiger partial charge on any atom is -0.493 e. The number of ether oxygens (including phenoxy) is 1. The van der Waals surface area contributed by atoms with Crippen LogP contribution in [0.3, 0.4) is 0 Å². The molecule has 0 aliphatic heterocycles. The van der Waals surface area contributed by atoms with Gasteiger partial charge in [0, 0.05) is 5.56 Å². The number of hydrogen-bond acceptors (Lipinski definition) is 2. The summed E-state index contributed by atoms with van der Waals surface area (Å²) in [7, 11) is 0. The predicted octanol–water partition coefficient (Wildman–Crippen LogP) is 3.06. The van der Waals surface area contributed by atoms with E-state index in [9.17, 15) is 9.50 Å². The summed E-state index contributed by atoms with van der Waals surface area (Å²) in [6, 6.07) is 4.29. The zero-order valence-corrected chi connectivity index (χ0v) is 9.45. The van der Waals surface area contributed by atoms with E-state index in [2.05, 4.69) is 0 Å². The number of benzene rings is 1. The van der Waals surface area contributed by atoms with Crippen LogP contribution in [0.1, 0.15) is 37.9 Å². The van der Waals surface area contributed by atoms with E-state index in [1.165, 1.54) is 31.4 Å². The van der Waals surface area contributed by atoms with E-state index in [-0.39, 0.29) is 5.82 Å². The van der Waals surface area contributed by atoms with Crippen LogP contribution < -0.4 is 4.74 Å². The molecule has 0 amide bonds. The van der Waals surface area contributed by atoms with Crippen LogP contribution >= 0.6 is 0 Å². The third-order valence-corrected chi connectivity index (χ3v) is 3.12. The Morgan fingerprint density at radius 1 is 1.50 bits per heavy atom. The number of hydrogen-bond donors (Lipinski definition) is 1. The van der Waals surface area contributed by atoms with Crippen molar-refractivity contribution in [3.05, 3.63) is 29.6 Å². The fourth-order valence-electron chi connectivity index (χ4n) is 1.84. The Balaban J connectivity index is 2.05. The Kier molecular flexibility index (Phi) is 3.44. The number of rotatable bonds is 4. The Morgan fingerprint density at radius 3 is 2.81 bits per heavy atom. The predicted molar refractivity (Wildman–Crippen MR) is 59.9 cm³/mol. The third kappa shape index (κ3) is 2.53. The molecule has 1 atom stereocenters. The highest BCUT2D eigenvalue weighted by Crippen LogP contribution is 2.30. The molecule has 1 fully saturated rings. The molecule has 1 aromatic carbocycles. The first-order valence-corrected chi connectivity index (χ1v) is 5.77. The van der Waals surface area contributed by atoms with Crippen molar-refractivity contribution in [1.29, 1.82) is 0 Å². The summed E-state index contributed by atoms with van der Waals surface area (Å²) in [5, 5.41) is 9.52. The van der Waals surface area contributed by atoms with Gasteiger partial charge in [0.2, 0.25) is 0 Å². The minimum absolute atomic E-state index is 0.341. The van der Waals surface area contributed by atoms with Crippen molar-refractivity contribution >= 4 is 0 Å². The molecule has 0 spiro atoms. The van der Waals surface area contributed by atoms with E-state index in [0.29, 0.717) is 23.8 Å². The summed E-state index contributed by atoms with van der Waals surface area (Å²) in [5.41, 5.74) is 0.527. The molecule has 0 bridgehead atoms. The van der Waals surface area contributed by atoms with Crippen molar-refractivity contribution in [1.82, 2.24) is 0 Å². The van der Waals surface area contributed by atoms with Gasteiger partial charge in [-0.25, -0.2) is 4.39 Å². The molecule has 2 nitrogen and oxygen atoms in total. The molecule has 2 rings (SSSR count). The highest BCUT2D eigenvalue weighted by Gasteiger charge is 2.19. The second kappa shape index (κ2) is 4.83. The molecule has 1 aliphatic rings. The molecule has 0 aromatic heterocycles. The van der Waals surface area contributed by atoms with Gasteiger partial charge in [-0.1, -0.05) is 6.42 Å². The fourth-order valence-corrected chi connectivity index (χ4v) is 1.84. The molecule has 88 valence electrons.